The molecule has 0 saturated carbocycles. The zero-order valence-electron chi connectivity index (χ0n) is 13.9. The van der Waals surface area contributed by atoms with Crippen molar-refractivity contribution in [1.82, 2.24) is 20.5 Å². The standard InChI is InChI=1S/C14H18N4O6S2/c1-23-14(20)17-16-13(25)15-12(19)10-2-4-11(5-3-10)26(21,22)18-6-8-24-9-7-18/h2-5H,6-9H2,1H3,(H,17,20)(H2,15,16,19,25). The lowest BCUT2D eigenvalue weighted by Gasteiger charge is -2.26. The van der Waals surface area contributed by atoms with Crippen LogP contribution in [0.4, 0.5) is 4.79 Å². The van der Waals surface area contributed by atoms with E-state index in [2.05, 4.69) is 20.9 Å². The first kappa shape index (κ1) is 20.0. The third-order valence-corrected chi connectivity index (χ3v) is 5.53. The van der Waals surface area contributed by atoms with E-state index in [-0.39, 0.29) is 28.7 Å². The van der Waals surface area contributed by atoms with Gasteiger partial charge in [-0.25, -0.2) is 18.6 Å². The van der Waals surface area contributed by atoms with Crippen LogP contribution in [0.5, 0.6) is 0 Å². The van der Waals surface area contributed by atoms with Crippen molar-refractivity contribution in [2.75, 3.05) is 33.4 Å². The fraction of sp³-hybridized carbons (Fsp3) is 0.357. The number of carbonyl (C=O) groups excluding carboxylic acids is 2. The summed E-state index contributed by atoms with van der Waals surface area (Å²) >= 11 is 4.84. The maximum atomic E-state index is 12.5. The molecule has 0 unspecified atom stereocenters. The van der Waals surface area contributed by atoms with Gasteiger partial charge in [0.1, 0.15) is 0 Å². The Morgan fingerprint density at radius 2 is 1.77 bits per heavy atom. The largest absolute Gasteiger partial charge is 0.452 e. The summed E-state index contributed by atoms with van der Waals surface area (Å²) in [7, 11) is -2.45. The van der Waals surface area contributed by atoms with Crippen LogP contribution in [0.3, 0.4) is 0 Å². The van der Waals surface area contributed by atoms with E-state index >= 15 is 0 Å². The minimum absolute atomic E-state index is 0.0870. The molecule has 2 amide bonds. The van der Waals surface area contributed by atoms with E-state index in [4.69, 9.17) is 17.0 Å². The van der Waals surface area contributed by atoms with Crippen LogP contribution in [0.25, 0.3) is 0 Å². The van der Waals surface area contributed by atoms with Crippen LogP contribution < -0.4 is 16.2 Å². The molecule has 142 valence electrons. The van der Waals surface area contributed by atoms with Gasteiger partial charge >= 0.3 is 6.09 Å². The Labute approximate surface area is 155 Å². The molecule has 1 aromatic rings. The van der Waals surface area contributed by atoms with E-state index in [1.807, 2.05) is 0 Å². The van der Waals surface area contributed by atoms with Gasteiger partial charge in [-0.05, 0) is 36.5 Å². The Morgan fingerprint density at radius 3 is 2.35 bits per heavy atom. The van der Waals surface area contributed by atoms with Gasteiger partial charge in [0.25, 0.3) is 5.91 Å². The summed E-state index contributed by atoms with van der Waals surface area (Å²) in [5.41, 5.74) is 4.57. The maximum absolute atomic E-state index is 12.5. The van der Waals surface area contributed by atoms with Crippen LogP contribution in [0.15, 0.2) is 29.2 Å². The Hall–Kier alpha value is -2.28. The van der Waals surface area contributed by atoms with Gasteiger partial charge in [-0.3, -0.25) is 15.5 Å². The molecule has 0 aliphatic carbocycles. The first-order chi connectivity index (χ1) is 12.3. The van der Waals surface area contributed by atoms with E-state index in [1.165, 1.54) is 35.7 Å². The highest BCUT2D eigenvalue weighted by Gasteiger charge is 2.26. The monoisotopic (exact) mass is 402 g/mol. The zero-order valence-corrected chi connectivity index (χ0v) is 15.5. The summed E-state index contributed by atoms with van der Waals surface area (Å²) in [6.45, 7) is 1.28. The molecule has 0 aromatic heterocycles. The minimum Gasteiger partial charge on any atom is -0.452 e. The first-order valence-electron chi connectivity index (χ1n) is 7.48. The summed E-state index contributed by atoms with van der Waals surface area (Å²) in [5.74, 6) is -0.565. The molecule has 0 radical (unpaired) electrons. The summed E-state index contributed by atoms with van der Waals surface area (Å²) in [6, 6.07) is 5.45. The average molecular weight is 402 g/mol. The molecule has 1 aliphatic heterocycles. The summed E-state index contributed by atoms with van der Waals surface area (Å²) in [5, 5.41) is 2.18. The summed E-state index contributed by atoms with van der Waals surface area (Å²) in [4.78, 5) is 23.1. The topological polar surface area (TPSA) is 126 Å². The lowest BCUT2D eigenvalue weighted by atomic mass is 10.2. The van der Waals surface area contributed by atoms with E-state index in [0.29, 0.717) is 13.2 Å². The van der Waals surface area contributed by atoms with Crippen molar-refractivity contribution in [1.29, 1.82) is 0 Å². The molecule has 12 heteroatoms. The second kappa shape index (κ2) is 8.89. The number of methoxy groups -OCH3 is 1. The number of nitrogens with one attached hydrogen (secondary N) is 3. The number of thiocarbonyl (C=S) groups is 1. The highest BCUT2D eigenvalue weighted by atomic mass is 32.2. The van der Waals surface area contributed by atoms with Crippen LogP contribution in [-0.2, 0) is 19.5 Å². The van der Waals surface area contributed by atoms with Gasteiger partial charge in [-0.2, -0.15) is 4.31 Å². The Kier molecular flexibility index (Phi) is 6.85. The van der Waals surface area contributed by atoms with Crippen molar-refractivity contribution in [3.8, 4) is 0 Å². The van der Waals surface area contributed by atoms with Gasteiger partial charge in [-0.1, -0.05) is 0 Å². The second-order valence-corrected chi connectivity index (χ2v) is 7.41. The molecule has 0 atom stereocenters. The molecule has 10 nitrogen and oxygen atoms in total. The van der Waals surface area contributed by atoms with Crippen molar-refractivity contribution < 1.29 is 27.5 Å². The normalized spacial score (nSPS) is 15.0. The third kappa shape index (κ3) is 5.11. The van der Waals surface area contributed by atoms with Gasteiger partial charge < -0.3 is 9.47 Å². The van der Waals surface area contributed by atoms with Gasteiger partial charge in [0.05, 0.1) is 25.2 Å². The first-order valence-corrected chi connectivity index (χ1v) is 9.32. The van der Waals surface area contributed by atoms with Crippen molar-refractivity contribution in [2.45, 2.75) is 4.90 Å². The SMILES string of the molecule is COC(=O)NNC(=S)NC(=O)c1ccc(S(=O)(=O)N2CCOCC2)cc1. The van der Waals surface area contributed by atoms with Crippen LogP contribution in [0.2, 0.25) is 0 Å². The highest BCUT2D eigenvalue weighted by molar-refractivity contribution is 7.89. The average Bonchev–Trinajstić information content (AvgIpc) is 2.66. The Bertz CT molecular complexity index is 775. The number of nitrogens with zero attached hydrogens (tertiary/aromatic N) is 1. The highest BCUT2D eigenvalue weighted by Crippen LogP contribution is 2.17. The van der Waals surface area contributed by atoms with Crippen molar-refractivity contribution in [2.24, 2.45) is 0 Å². The third-order valence-electron chi connectivity index (χ3n) is 3.41. The molecule has 1 fully saturated rings. The molecule has 26 heavy (non-hydrogen) atoms. The number of benzene rings is 1. The van der Waals surface area contributed by atoms with Gasteiger partial charge in [0.2, 0.25) is 10.0 Å². The van der Waals surface area contributed by atoms with Crippen molar-refractivity contribution in [3.05, 3.63) is 29.8 Å². The lowest BCUT2D eigenvalue weighted by molar-refractivity contribution is 0.0730. The van der Waals surface area contributed by atoms with E-state index in [9.17, 15) is 18.0 Å². The summed E-state index contributed by atoms with van der Waals surface area (Å²) in [6.07, 6.45) is -0.778. The molecule has 1 heterocycles. The van der Waals surface area contributed by atoms with Crippen LogP contribution in [0.1, 0.15) is 10.4 Å². The quantitative estimate of drug-likeness (QED) is 0.460. The molecular formula is C14H18N4O6S2. The molecule has 3 N–H and O–H groups in total. The van der Waals surface area contributed by atoms with Gasteiger partial charge in [0, 0.05) is 18.7 Å². The predicted octanol–water partition coefficient (Wildman–Crippen LogP) is -0.417. The zero-order chi connectivity index (χ0) is 19.2. The maximum Gasteiger partial charge on any atom is 0.425 e. The number of carbonyl (C=O) groups is 2. The number of rotatable bonds is 3. The van der Waals surface area contributed by atoms with Crippen LogP contribution in [-0.4, -0.2) is 63.2 Å². The van der Waals surface area contributed by atoms with Crippen LogP contribution >= 0.6 is 12.2 Å². The van der Waals surface area contributed by atoms with Crippen LogP contribution in [0, 0.1) is 0 Å². The predicted molar refractivity (Wildman–Crippen MR) is 94.8 cm³/mol. The van der Waals surface area contributed by atoms with Gasteiger partial charge in [0.15, 0.2) is 5.11 Å². The minimum atomic E-state index is -3.63. The molecule has 1 aliphatic rings. The lowest BCUT2D eigenvalue weighted by Crippen LogP contribution is -2.48. The van der Waals surface area contributed by atoms with E-state index in [1.54, 1.807) is 0 Å². The van der Waals surface area contributed by atoms with E-state index < -0.39 is 22.0 Å². The number of sulfonamides is 1. The number of amides is 2. The Balaban J connectivity index is 1.98. The van der Waals surface area contributed by atoms with E-state index in [0.717, 1.165) is 0 Å². The molecule has 0 spiro atoms. The van der Waals surface area contributed by atoms with Crippen molar-refractivity contribution >= 4 is 39.4 Å². The number of morpholine rings is 1. The molecule has 1 aromatic carbocycles. The smallest absolute Gasteiger partial charge is 0.425 e. The van der Waals surface area contributed by atoms with Crippen molar-refractivity contribution in [3.63, 3.8) is 0 Å². The number of hydrogen-bond donors (Lipinski definition) is 3. The number of hydrazine groups is 1. The second-order valence-electron chi connectivity index (χ2n) is 5.07. The molecule has 0 bridgehead atoms. The molecule has 2 rings (SSSR count). The molecule has 1 saturated heterocycles. The van der Waals surface area contributed by atoms with Gasteiger partial charge in [-0.15, -0.1) is 0 Å². The summed E-state index contributed by atoms with van der Waals surface area (Å²) < 4.78 is 35.8. The number of ether oxygens (including phenoxy) is 2. The fourth-order valence-electron chi connectivity index (χ4n) is 2.08. The molecular weight excluding hydrogens is 384 g/mol. The number of hydrogen-bond acceptors (Lipinski definition) is 7. The fourth-order valence-corrected chi connectivity index (χ4v) is 3.63. The Morgan fingerprint density at radius 1 is 1.15 bits per heavy atom.